The maximum Gasteiger partial charge on any atom is 0.0573 e. The smallest absolute Gasteiger partial charge is 0.0573 e. The Morgan fingerprint density at radius 2 is 2.00 bits per heavy atom. The summed E-state index contributed by atoms with van der Waals surface area (Å²) in [5.41, 5.74) is 4.96. The zero-order valence-electron chi connectivity index (χ0n) is 12.6. The molecule has 3 heteroatoms. The monoisotopic (exact) mass is 279 g/mol. The number of nitrogens with one attached hydrogen (secondary N) is 2. The number of nitrogens with zero attached hydrogens (tertiary/aromatic N) is 1. The Morgan fingerprint density at radius 3 is 2.71 bits per heavy atom. The van der Waals surface area contributed by atoms with Gasteiger partial charge in [0.1, 0.15) is 0 Å². The second kappa shape index (κ2) is 5.68. The van der Waals surface area contributed by atoms with E-state index in [1.807, 2.05) is 36.7 Å². The minimum absolute atomic E-state index is 0.452. The van der Waals surface area contributed by atoms with Crippen LogP contribution in [0, 0.1) is 11.3 Å². The highest BCUT2D eigenvalue weighted by atomic mass is 14.9. The van der Waals surface area contributed by atoms with Crippen molar-refractivity contribution in [1.29, 1.82) is 5.41 Å². The van der Waals surface area contributed by atoms with Gasteiger partial charge in [0.15, 0.2) is 0 Å². The van der Waals surface area contributed by atoms with Gasteiger partial charge in [0, 0.05) is 29.1 Å². The lowest BCUT2D eigenvalue weighted by Crippen LogP contribution is -2.06. The molecule has 0 spiro atoms. The van der Waals surface area contributed by atoms with Gasteiger partial charge in [-0.2, -0.15) is 0 Å². The lowest BCUT2D eigenvalue weighted by molar-refractivity contribution is 0.859. The van der Waals surface area contributed by atoms with Gasteiger partial charge in [-0.25, -0.2) is 0 Å². The Balaban J connectivity index is 1.87. The summed E-state index contributed by atoms with van der Waals surface area (Å²) in [7, 11) is 0. The number of hydrogen-bond donors (Lipinski definition) is 2. The van der Waals surface area contributed by atoms with Crippen LogP contribution in [0.3, 0.4) is 0 Å². The van der Waals surface area contributed by atoms with E-state index in [2.05, 4.69) is 30.2 Å². The van der Waals surface area contributed by atoms with Gasteiger partial charge in [-0.05, 0) is 36.5 Å². The maximum absolute atomic E-state index is 8.31. The van der Waals surface area contributed by atoms with E-state index in [-0.39, 0.29) is 0 Å². The molecule has 2 N–H and O–H groups in total. The molecule has 1 aliphatic carbocycles. The first-order valence-electron chi connectivity index (χ1n) is 7.55. The molecular weight excluding hydrogens is 258 g/mol. The van der Waals surface area contributed by atoms with Gasteiger partial charge in [-0.15, -0.1) is 0 Å². The molecule has 0 amide bonds. The minimum Gasteiger partial charge on any atom is -0.354 e. The number of hydrogen-bond acceptors (Lipinski definition) is 3. The van der Waals surface area contributed by atoms with Crippen LogP contribution in [0.1, 0.15) is 43.7 Å². The summed E-state index contributed by atoms with van der Waals surface area (Å²) in [5, 5.41) is 11.7. The molecule has 0 saturated heterocycles. The van der Waals surface area contributed by atoms with Gasteiger partial charge >= 0.3 is 0 Å². The number of benzene rings is 1. The zero-order chi connectivity index (χ0) is 14.8. The average molecular weight is 279 g/mol. The first-order chi connectivity index (χ1) is 10.1. The molecule has 0 bridgehead atoms. The van der Waals surface area contributed by atoms with Crippen molar-refractivity contribution in [3.63, 3.8) is 0 Å². The molecule has 3 nitrogen and oxygen atoms in total. The molecule has 1 heterocycles. The molecular formula is C18H21N3. The Kier molecular flexibility index (Phi) is 3.74. The highest BCUT2D eigenvalue weighted by molar-refractivity contribution is 6.06. The van der Waals surface area contributed by atoms with E-state index in [9.17, 15) is 0 Å². The van der Waals surface area contributed by atoms with Gasteiger partial charge in [0.2, 0.25) is 0 Å². The van der Waals surface area contributed by atoms with Crippen LogP contribution in [0.5, 0.6) is 0 Å². The normalized spacial score (nSPS) is 14.2. The van der Waals surface area contributed by atoms with Gasteiger partial charge in [-0.3, -0.25) is 4.98 Å². The van der Waals surface area contributed by atoms with Crippen LogP contribution in [-0.4, -0.2) is 10.7 Å². The largest absolute Gasteiger partial charge is 0.354 e. The summed E-state index contributed by atoms with van der Waals surface area (Å²) >= 11 is 0. The quantitative estimate of drug-likeness (QED) is 0.777. The highest BCUT2D eigenvalue weighted by Crippen LogP contribution is 2.35. The molecule has 1 aromatic carbocycles. The standard InChI is InChI=1S/C18H21N3/c1-12(2)14-9-15(11-20-10-14)21-17-6-4-3-5-16(17)18(19)13-7-8-13/h3-6,9-13,19,21H,7-8H2,1-2H3. The Bertz CT molecular complexity index is 657. The van der Waals surface area contributed by atoms with Crippen molar-refractivity contribution in [2.45, 2.75) is 32.6 Å². The van der Waals surface area contributed by atoms with Crippen LogP contribution in [0.4, 0.5) is 11.4 Å². The molecule has 108 valence electrons. The van der Waals surface area contributed by atoms with E-state index in [1.165, 1.54) is 5.56 Å². The molecule has 1 aromatic heterocycles. The van der Waals surface area contributed by atoms with E-state index in [1.54, 1.807) is 0 Å². The topological polar surface area (TPSA) is 48.8 Å². The van der Waals surface area contributed by atoms with Crippen LogP contribution in [0.15, 0.2) is 42.7 Å². The summed E-state index contributed by atoms with van der Waals surface area (Å²) in [6, 6.07) is 10.2. The summed E-state index contributed by atoms with van der Waals surface area (Å²) < 4.78 is 0. The summed E-state index contributed by atoms with van der Waals surface area (Å²) in [5.74, 6) is 0.910. The van der Waals surface area contributed by atoms with Crippen molar-refractivity contribution in [3.8, 4) is 0 Å². The zero-order valence-corrected chi connectivity index (χ0v) is 12.6. The van der Waals surface area contributed by atoms with Crippen LogP contribution in [-0.2, 0) is 0 Å². The Labute approximate surface area is 125 Å². The predicted molar refractivity (Wildman–Crippen MR) is 87.6 cm³/mol. The minimum atomic E-state index is 0.452. The third kappa shape index (κ3) is 3.13. The fraction of sp³-hybridized carbons (Fsp3) is 0.333. The predicted octanol–water partition coefficient (Wildman–Crippen LogP) is 4.73. The second-order valence-corrected chi connectivity index (χ2v) is 6.02. The van der Waals surface area contributed by atoms with Crippen molar-refractivity contribution in [1.82, 2.24) is 4.98 Å². The molecule has 1 saturated carbocycles. The van der Waals surface area contributed by atoms with Crippen LogP contribution >= 0.6 is 0 Å². The second-order valence-electron chi connectivity index (χ2n) is 6.02. The lowest BCUT2D eigenvalue weighted by atomic mass is 10.0. The summed E-state index contributed by atoms with van der Waals surface area (Å²) in [4.78, 5) is 4.31. The maximum atomic E-state index is 8.31. The van der Waals surface area contributed by atoms with Crippen molar-refractivity contribution < 1.29 is 0 Å². The first-order valence-corrected chi connectivity index (χ1v) is 7.55. The van der Waals surface area contributed by atoms with E-state index in [0.717, 1.165) is 35.5 Å². The summed E-state index contributed by atoms with van der Waals surface area (Å²) in [6.07, 6.45) is 6.05. The summed E-state index contributed by atoms with van der Waals surface area (Å²) in [6.45, 7) is 4.33. The number of rotatable bonds is 5. The van der Waals surface area contributed by atoms with Gasteiger partial charge in [0.05, 0.1) is 11.9 Å². The third-order valence-electron chi connectivity index (χ3n) is 3.91. The van der Waals surface area contributed by atoms with E-state index in [4.69, 9.17) is 5.41 Å². The molecule has 0 radical (unpaired) electrons. The van der Waals surface area contributed by atoms with E-state index in [0.29, 0.717) is 11.8 Å². The number of para-hydroxylation sites is 1. The Morgan fingerprint density at radius 1 is 1.24 bits per heavy atom. The van der Waals surface area contributed by atoms with Crippen molar-refractivity contribution in [2.24, 2.45) is 5.92 Å². The van der Waals surface area contributed by atoms with E-state index < -0.39 is 0 Å². The van der Waals surface area contributed by atoms with E-state index >= 15 is 0 Å². The fourth-order valence-corrected chi connectivity index (χ4v) is 2.42. The molecule has 1 aliphatic rings. The molecule has 3 rings (SSSR count). The van der Waals surface area contributed by atoms with Gasteiger partial charge in [-0.1, -0.05) is 32.0 Å². The van der Waals surface area contributed by atoms with Crippen molar-refractivity contribution in [2.75, 3.05) is 5.32 Å². The number of aromatic nitrogens is 1. The number of pyridine rings is 1. The van der Waals surface area contributed by atoms with Gasteiger partial charge in [0.25, 0.3) is 0 Å². The molecule has 2 aromatic rings. The fourth-order valence-electron chi connectivity index (χ4n) is 2.42. The average Bonchev–Trinajstić information content (AvgIpc) is 3.32. The molecule has 1 fully saturated rings. The molecule has 0 aliphatic heterocycles. The van der Waals surface area contributed by atoms with Crippen LogP contribution in [0.25, 0.3) is 0 Å². The van der Waals surface area contributed by atoms with Crippen LogP contribution < -0.4 is 5.32 Å². The van der Waals surface area contributed by atoms with Crippen molar-refractivity contribution in [3.05, 3.63) is 53.9 Å². The lowest BCUT2D eigenvalue weighted by Gasteiger charge is -2.14. The SMILES string of the molecule is CC(C)c1cncc(Nc2ccccc2C(=N)C2CC2)c1. The molecule has 0 atom stereocenters. The van der Waals surface area contributed by atoms with Gasteiger partial charge < -0.3 is 10.7 Å². The first kappa shape index (κ1) is 13.8. The highest BCUT2D eigenvalue weighted by Gasteiger charge is 2.28. The van der Waals surface area contributed by atoms with Crippen LogP contribution in [0.2, 0.25) is 0 Å². The van der Waals surface area contributed by atoms with Crippen molar-refractivity contribution >= 4 is 17.1 Å². The third-order valence-corrected chi connectivity index (χ3v) is 3.91. The molecule has 0 unspecified atom stereocenters. The number of anilines is 2. The molecule has 21 heavy (non-hydrogen) atoms. The Hall–Kier alpha value is -2.16.